The molecule has 5 nitrogen and oxygen atoms in total. The number of ether oxygens (including phenoxy) is 1. The quantitative estimate of drug-likeness (QED) is 0.860. The van der Waals surface area contributed by atoms with E-state index in [0.29, 0.717) is 6.61 Å². The summed E-state index contributed by atoms with van der Waals surface area (Å²) in [4.78, 5) is 12.3. The molecule has 2 N–H and O–H groups in total. The van der Waals surface area contributed by atoms with Crippen molar-refractivity contribution in [1.29, 1.82) is 0 Å². The number of primary sulfonamides is 1. The number of hydrogen-bond acceptors (Lipinski definition) is 4. The first kappa shape index (κ1) is 15.5. The van der Waals surface area contributed by atoms with Crippen molar-refractivity contribution in [2.45, 2.75) is 43.4 Å². The Bertz CT molecular complexity index is 675. The van der Waals surface area contributed by atoms with Crippen LogP contribution in [0, 0.1) is 11.3 Å². The Morgan fingerprint density at radius 1 is 1.27 bits per heavy atom. The third-order valence-corrected chi connectivity index (χ3v) is 6.03. The zero-order valence-electron chi connectivity index (χ0n) is 12.6. The van der Waals surface area contributed by atoms with Crippen molar-refractivity contribution in [3.63, 3.8) is 0 Å². The number of nitrogens with two attached hydrogens (primary N) is 1. The average Bonchev–Trinajstić information content (AvgIpc) is 2.83. The third-order valence-electron chi connectivity index (χ3n) is 5.11. The van der Waals surface area contributed by atoms with Crippen LogP contribution in [0.5, 0.6) is 0 Å². The SMILES string of the molecule is CCOC(=O)[C@@H]1[C@@H](c2ccc(S(N)(=O)=O)cc2)C12CCCC2. The number of sulfonamides is 1. The van der Waals surface area contributed by atoms with Crippen molar-refractivity contribution in [2.75, 3.05) is 6.61 Å². The maximum Gasteiger partial charge on any atom is 0.310 e. The van der Waals surface area contributed by atoms with Crippen molar-refractivity contribution >= 4 is 16.0 Å². The van der Waals surface area contributed by atoms with E-state index in [9.17, 15) is 13.2 Å². The summed E-state index contributed by atoms with van der Waals surface area (Å²) in [6, 6.07) is 6.61. The Balaban J connectivity index is 1.88. The van der Waals surface area contributed by atoms with Crippen LogP contribution in [-0.2, 0) is 19.6 Å². The van der Waals surface area contributed by atoms with Crippen molar-refractivity contribution in [2.24, 2.45) is 16.5 Å². The first-order valence-electron chi connectivity index (χ1n) is 7.69. The van der Waals surface area contributed by atoms with Gasteiger partial charge >= 0.3 is 5.97 Å². The van der Waals surface area contributed by atoms with Gasteiger partial charge in [-0.25, -0.2) is 13.6 Å². The van der Waals surface area contributed by atoms with Crippen LogP contribution in [0.3, 0.4) is 0 Å². The van der Waals surface area contributed by atoms with Gasteiger partial charge in [0.2, 0.25) is 10.0 Å². The summed E-state index contributed by atoms with van der Waals surface area (Å²) in [6.07, 6.45) is 4.36. The van der Waals surface area contributed by atoms with Gasteiger partial charge in [-0.05, 0) is 42.9 Å². The highest BCUT2D eigenvalue weighted by atomic mass is 32.2. The first-order chi connectivity index (χ1) is 10.4. The molecule has 0 amide bonds. The van der Waals surface area contributed by atoms with E-state index >= 15 is 0 Å². The van der Waals surface area contributed by atoms with E-state index in [-0.39, 0.29) is 28.1 Å². The average molecular weight is 323 g/mol. The molecule has 0 aromatic heterocycles. The van der Waals surface area contributed by atoms with Crippen LogP contribution in [0.4, 0.5) is 0 Å². The molecule has 2 aliphatic carbocycles. The second-order valence-corrected chi connectivity index (χ2v) is 7.82. The lowest BCUT2D eigenvalue weighted by Gasteiger charge is -2.08. The molecule has 120 valence electrons. The normalized spacial score (nSPS) is 26.1. The van der Waals surface area contributed by atoms with Gasteiger partial charge in [-0.1, -0.05) is 25.0 Å². The molecular formula is C16H21NO4S. The van der Waals surface area contributed by atoms with Crippen LogP contribution < -0.4 is 5.14 Å². The lowest BCUT2D eigenvalue weighted by Crippen LogP contribution is -2.12. The van der Waals surface area contributed by atoms with E-state index < -0.39 is 10.0 Å². The molecule has 0 bridgehead atoms. The fraction of sp³-hybridized carbons (Fsp3) is 0.562. The monoisotopic (exact) mass is 323 g/mol. The van der Waals surface area contributed by atoms with Gasteiger partial charge in [0, 0.05) is 5.92 Å². The van der Waals surface area contributed by atoms with E-state index in [2.05, 4.69) is 0 Å². The maximum absolute atomic E-state index is 12.2. The van der Waals surface area contributed by atoms with E-state index in [1.54, 1.807) is 12.1 Å². The first-order valence-corrected chi connectivity index (χ1v) is 9.24. The van der Waals surface area contributed by atoms with Crippen LogP contribution in [0.2, 0.25) is 0 Å². The maximum atomic E-state index is 12.2. The molecule has 2 saturated carbocycles. The van der Waals surface area contributed by atoms with Gasteiger partial charge < -0.3 is 4.74 Å². The molecule has 0 aliphatic heterocycles. The van der Waals surface area contributed by atoms with Crippen LogP contribution >= 0.6 is 0 Å². The molecule has 2 aliphatic rings. The second-order valence-electron chi connectivity index (χ2n) is 6.26. The summed E-state index contributed by atoms with van der Waals surface area (Å²) in [5.74, 6) is -0.0659. The summed E-state index contributed by atoms with van der Waals surface area (Å²) in [7, 11) is -3.68. The lowest BCUT2D eigenvalue weighted by atomic mass is 9.97. The van der Waals surface area contributed by atoms with Gasteiger partial charge in [0.1, 0.15) is 0 Å². The zero-order valence-corrected chi connectivity index (χ0v) is 13.4. The van der Waals surface area contributed by atoms with Gasteiger partial charge in [-0.2, -0.15) is 0 Å². The van der Waals surface area contributed by atoms with Crippen LogP contribution in [0.25, 0.3) is 0 Å². The highest BCUT2D eigenvalue weighted by Gasteiger charge is 2.69. The number of esters is 1. The minimum atomic E-state index is -3.68. The topological polar surface area (TPSA) is 86.5 Å². The highest BCUT2D eigenvalue weighted by Crippen LogP contribution is 2.72. The van der Waals surface area contributed by atoms with Crippen molar-refractivity contribution in [1.82, 2.24) is 0 Å². The second kappa shape index (κ2) is 5.35. The Morgan fingerprint density at radius 3 is 2.36 bits per heavy atom. The number of carbonyl (C=O) groups is 1. The van der Waals surface area contributed by atoms with Crippen molar-refractivity contribution in [3.05, 3.63) is 29.8 Å². The Labute approximate surface area is 130 Å². The number of hydrogen-bond donors (Lipinski definition) is 1. The highest BCUT2D eigenvalue weighted by molar-refractivity contribution is 7.89. The Kier molecular flexibility index (Phi) is 3.77. The van der Waals surface area contributed by atoms with Crippen LogP contribution in [-0.4, -0.2) is 21.0 Å². The molecule has 0 heterocycles. The standard InChI is InChI=1S/C16H21NO4S/c1-2-21-15(18)14-13(16(14)9-3-4-10-16)11-5-7-12(8-6-11)22(17,19)20/h5-8,13-14H,2-4,9-10H2,1H3,(H2,17,19,20)/t13-,14+/m1/s1. The predicted octanol–water partition coefficient (Wildman–Crippen LogP) is 2.17. The molecule has 3 rings (SSSR count). The molecule has 2 atom stereocenters. The van der Waals surface area contributed by atoms with Crippen LogP contribution in [0.15, 0.2) is 29.2 Å². The largest absolute Gasteiger partial charge is 0.466 e. The van der Waals surface area contributed by atoms with Gasteiger partial charge in [0.15, 0.2) is 0 Å². The molecule has 0 unspecified atom stereocenters. The minimum absolute atomic E-state index is 0.0232. The molecule has 0 saturated heterocycles. The smallest absolute Gasteiger partial charge is 0.310 e. The van der Waals surface area contributed by atoms with Crippen molar-refractivity contribution < 1.29 is 17.9 Å². The fourth-order valence-corrected chi connectivity index (χ4v) is 4.65. The summed E-state index contributed by atoms with van der Waals surface area (Å²) >= 11 is 0. The third kappa shape index (κ3) is 2.44. The molecule has 0 radical (unpaired) electrons. The molecule has 1 aromatic carbocycles. The number of carbonyl (C=O) groups excluding carboxylic acids is 1. The molecule has 1 spiro atoms. The number of benzene rings is 1. The summed E-state index contributed by atoms with van der Waals surface area (Å²) in [6.45, 7) is 2.21. The predicted molar refractivity (Wildman–Crippen MR) is 81.6 cm³/mol. The number of rotatable bonds is 4. The fourth-order valence-electron chi connectivity index (χ4n) is 4.14. The molecular weight excluding hydrogens is 302 g/mol. The molecule has 1 aromatic rings. The van der Waals surface area contributed by atoms with Crippen molar-refractivity contribution in [3.8, 4) is 0 Å². The van der Waals surface area contributed by atoms with Crippen LogP contribution in [0.1, 0.15) is 44.1 Å². The van der Waals surface area contributed by atoms with E-state index in [1.165, 1.54) is 12.1 Å². The lowest BCUT2D eigenvalue weighted by molar-refractivity contribution is -0.145. The Morgan fingerprint density at radius 2 is 1.86 bits per heavy atom. The Hall–Kier alpha value is -1.40. The molecule has 6 heteroatoms. The summed E-state index contributed by atoms with van der Waals surface area (Å²) in [5, 5.41) is 5.13. The molecule has 22 heavy (non-hydrogen) atoms. The molecule has 2 fully saturated rings. The van der Waals surface area contributed by atoms with E-state index in [1.807, 2.05) is 6.92 Å². The summed E-state index contributed by atoms with van der Waals surface area (Å²) in [5.41, 5.74) is 1.03. The van der Waals surface area contributed by atoms with E-state index in [4.69, 9.17) is 9.88 Å². The van der Waals surface area contributed by atoms with Gasteiger partial charge in [-0.15, -0.1) is 0 Å². The summed E-state index contributed by atoms with van der Waals surface area (Å²) < 4.78 is 27.9. The minimum Gasteiger partial charge on any atom is -0.466 e. The zero-order chi connectivity index (χ0) is 16.0. The van der Waals surface area contributed by atoms with Gasteiger partial charge in [0.25, 0.3) is 0 Å². The van der Waals surface area contributed by atoms with Gasteiger partial charge in [-0.3, -0.25) is 4.79 Å². The van der Waals surface area contributed by atoms with Gasteiger partial charge in [0.05, 0.1) is 17.4 Å². The van der Waals surface area contributed by atoms with E-state index in [0.717, 1.165) is 31.2 Å².